The minimum Gasteiger partial charge on any atom is -0.388 e. The number of aliphatic hydroxyl groups excluding tert-OH is 1. The third-order valence-corrected chi connectivity index (χ3v) is 2.83. The fraction of sp³-hybridized carbons (Fsp3) is 0.333. The Labute approximate surface area is 104 Å². The molecule has 0 fully saturated rings. The fourth-order valence-electron chi connectivity index (χ4n) is 1.39. The Morgan fingerprint density at radius 3 is 2.80 bits per heavy atom. The van der Waals surface area contributed by atoms with Crippen molar-refractivity contribution in [1.82, 2.24) is 0 Å². The fourth-order valence-corrected chi connectivity index (χ4v) is 2.28. The number of allylic oxidation sites excluding steroid dienone is 1. The monoisotopic (exact) mass is 288 g/mol. The number of unbranched alkanes of at least 4 members (excludes halogenated alkanes) is 1. The Morgan fingerprint density at radius 2 is 2.20 bits per heavy atom. The summed E-state index contributed by atoms with van der Waals surface area (Å²) in [6, 6.07) is 5.50. The lowest BCUT2D eigenvalue weighted by Crippen LogP contribution is -1.97. The van der Waals surface area contributed by atoms with Gasteiger partial charge in [0.05, 0.1) is 6.10 Å². The van der Waals surface area contributed by atoms with E-state index >= 15 is 0 Å². The van der Waals surface area contributed by atoms with Gasteiger partial charge in [-0.05, 0) is 43.0 Å². The predicted molar refractivity (Wildman–Crippen MR) is 68.2 cm³/mol. The van der Waals surface area contributed by atoms with Crippen molar-refractivity contribution in [3.8, 4) is 0 Å². The highest BCUT2D eigenvalue weighted by atomic mass is 79.9. The van der Waals surface area contributed by atoms with E-state index in [1.807, 2.05) is 18.2 Å². The van der Waals surface area contributed by atoms with Gasteiger partial charge in [0.1, 0.15) is 0 Å². The van der Waals surface area contributed by atoms with Crippen LogP contribution in [0.2, 0.25) is 5.02 Å². The van der Waals surface area contributed by atoms with Gasteiger partial charge in [-0.15, -0.1) is 6.58 Å². The maximum Gasteiger partial charge on any atom is 0.0791 e. The maximum absolute atomic E-state index is 9.88. The van der Waals surface area contributed by atoms with Crippen molar-refractivity contribution in [3.05, 3.63) is 45.9 Å². The molecule has 1 unspecified atom stereocenters. The van der Waals surface area contributed by atoms with Crippen LogP contribution in [0, 0.1) is 0 Å². The van der Waals surface area contributed by atoms with Gasteiger partial charge in [0.25, 0.3) is 0 Å². The number of aliphatic hydroxyl groups is 1. The zero-order chi connectivity index (χ0) is 11.3. The van der Waals surface area contributed by atoms with Crippen LogP contribution in [0.15, 0.2) is 35.3 Å². The summed E-state index contributed by atoms with van der Waals surface area (Å²) >= 11 is 9.25. The lowest BCUT2D eigenvalue weighted by atomic mass is 10.0. The van der Waals surface area contributed by atoms with E-state index < -0.39 is 6.10 Å². The first-order valence-electron chi connectivity index (χ1n) is 4.88. The van der Waals surface area contributed by atoms with Gasteiger partial charge in [-0.1, -0.05) is 33.6 Å². The average Bonchev–Trinajstić information content (AvgIpc) is 2.16. The molecule has 0 aliphatic heterocycles. The van der Waals surface area contributed by atoms with Crippen molar-refractivity contribution >= 4 is 27.5 Å². The number of hydrogen-bond donors (Lipinski definition) is 1. The summed E-state index contributed by atoms with van der Waals surface area (Å²) in [6.45, 7) is 3.65. The molecule has 0 heterocycles. The van der Waals surface area contributed by atoms with Gasteiger partial charge in [-0.25, -0.2) is 0 Å². The first-order valence-corrected chi connectivity index (χ1v) is 6.05. The lowest BCUT2D eigenvalue weighted by molar-refractivity contribution is 0.165. The highest BCUT2D eigenvalue weighted by Gasteiger charge is 2.08. The van der Waals surface area contributed by atoms with E-state index in [1.165, 1.54) is 0 Å². The van der Waals surface area contributed by atoms with E-state index in [0.29, 0.717) is 5.02 Å². The summed E-state index contributed by atoms with van der Waals surface area (Å²) in [5.74, 6) is 0. The van der Waals surface area contributed by atoms with Gasteiger partial charge in [0.2, 0.25) is 0 Å². The molecule has 1 nitrogen and oxygen atoms in total. The van der Waals surface area contributed by atoms with Crippen LogP contribution >= 0.6 is 27.5 Å². The molecule has 15 heavy (non-hydrogen) atoms. The van der Waals surface area contributed by atoms with Gasteiger partial charge < -0.3 is 5.11 Å². The van der Waals surface area contributed by atoms with Crippen LogP contribution in [0.5, 0.6) is 0 Å². The van der Waals surface area contributed by atoms with Crippen molar-refractivity contribution in [3.63, 3.8) is 0 Å². The van der Waals surface area contributed by atoms with Gasteiger partial charge in [0.15, 0.2) is 0 Å². The molecule has 0 aliphatic rings. The van der Waals surface area contributed by atoms with Crippen LogP contribution < -0.4 is 0 Å². The summed E-state index contributed by atoms with van der Waals surface area (Å²) in [5.41, 5.74) is 0.860. The molecule has 0 saturated carbocycles. The Balaban J connectivity index is 2.64. The van der Waals surface area contributed by atoms with E-state index in [9.17, 15) is 5.11 Å². The van der Waals surface area contributed by atoms with Crippen LogP contribution in [0.4, 0.5) is 0 Å². The first-order chi connectivity index (χ1) is 7.13. The van der Waals surface area contributed by atoms with E-state index in [1.54, 1.807) is 6.07 Å². The molecule has 0 radical (unpaired) electrons. The number of rotatable bonds is 5. The quantitative estimate of drug-likeness (QED) is 0.625. The van der Waals surface area contributed by atoms with E-state index in [0.717, 1.165) is 29.3 Å². The van der Waals surface area contributed by atoms with E-state index in [-0.39, 0.29) is 0 Å². The molecule has 1 N–H and O–H groups in total. The molecule has 0 aromatic heterocycles. The Morgan fingerprint density at radius 1 is 1.47 bits per heavy atom. The van der Waals surface area contributed by atoms with Crippen molar-refractivity contribution in [1.29, 1.82) is 0 Å². The van der Waals surface area contributed by atoms with E-state index in [4.69, 9.17) is 11.6 Å². The second-order valence-electron chi connectivity index (χ2n) is 3.44. The van der Waals surface area contributed by atoms with Gasteiger partial charge >= 0.3 is 0 Å². The molecule has 3 heteroatoms. The largest absolute Gasteiger partial charge is 0.388 e. The molecule has 1 rings (SSSR count). The minimum absolute atomic E-state index is 0.444. The van der Waals surface area contributed by atoms with Crippen LogP contribution in [0.25, 0.3) is 0 Å². The van der Waals surface area contributed by atoms with Crippen LogP contribution in [-0.2, 0) is 0 Å². The zero-order valence-electron chi connectivity index (χ0n) is 8.42. The summed E-state index contributed by atoms with van der Waals surface area (Å²) in [4.78, 5) is 0. The summed E-state index contributed by atoms with van der Waals surface area (Å²) < 4.78 is 0.896. The topological polar surface area (TPSA) is 20.2 Å². The van der Waals surface area contributed by atoms with Gasteiger partial charge in [0, 0.05) is 9.50 Å². The van der Waals surface area contributed by atoms with Crippen LogP contribution in [0.1, 0.15) is 30.9 Å². The van der Waals surface area contributed by atoms with E-state index in [2.05, 4.69) is 22.5 Å². The molecule has 0 aliphatic carbocycles. The third kappa shape index (κ3) is 4.37. The van der Waals surface area contributed by atoms with Crippen molar-refractivity contribution < 1.29 is 5.11 Å². The Kier molecular flexibility index (Phi) is 5.37. The standard InChI is InChI=1S/C12H14BrClO/c1-2-3-4-5-12(15)9-6-10(13)8-11(14)7-9/h2,6-8,12,15H,1,3-5H2. The van der Waals surface area contributed by atoms with Crippen molar-refractivity contribution in [2.75, 3.05) is 0 Å². The smallest absolute Gasteiger partial charge is 0.0791 e. The van der Waals surface area contributed by atoms with Crippen molar-refractivity contribution in [2.45, 2.75) is 25.4 Å². The molecule has 1 atom stereocenters. The Hall–Kier alpha value is -0.310. The minimum atomic E-state index is -0.444. The summed E-state index contributed by atoms with van der Waals surface area (Å²) in [6.07, 6.45) is 4.02. The number of hydrogen-bond acceptors (Lipinski definition) is 1. The molecular formula is C12H14BrClO. The number of halogens is 2. The van der Waals surface area contributed by atoms with Crippen molar-refractivity contribution in [2.24, 2.45) is 0 Å². The second kappa shape index (κ2) is 6.31. The van der Waals surface area contributed by atoms with Crippen LogP contribution in [0.3, 0.4) is 0 Å². The molecule has 0 bridgehead atoms. The predicted octanol–water partition coefficient (Wildman–Crippen LogP) is 4.49. The molecule has 1 aromatic carbocycles. The number of benzene rings is 1. The zero-order valence-corrected chi connectivity index (χ0v) is 10.8. The average molecular weight is 290 g/mol. The molecular weight excluding hydrogens is 275 g/mol. The molecule has 0 saturated heterocycles. The first kappa shape index (κ1) is 12.8. The molecule has 0 spiro atoms. The Bertz CT molecular complexity index is 318. The highest BCUT2D eigenvalue weighted by molar-refractivity contribution is 9.10. The molecule has 0 amide bonds. The SMILES string of the molecule is C=CCCCC(O)c1cc(Cl)cc(Br)c1. The maximum atomic E-state index is 9.88. The van der Waals surface area contributed by atoms with Gasteiger partial charge in [-0.3, -0.25) is 0 Å². The van der Waals surface area contributed by atoms with Crippen LogP contribution in [-0.4, -0.2) is 5.11 Å². The normalized spacial score (nSPS) is 12.5. The summed E-state index contributed by atoms with van der Waals surface area (Å²) in [5, 5.41) is 10.5. The molecule has 1 aromatic rings. The lowest BCUT2D eigenvalue weighted by Gasteiger charge is -2.11. The highest BCUT2D eigenvalue weighted by Crippen LogP contribution is 2.26. The second-order valence-corrected chi connectivity index (χ2v) is 4.79. The van der Waals surface area contributed by atoms with Gasteiger partial charge in [-0.2, -0.15) is 0 Å². The summed E-state index contributed by atoms with van der Waals surface area (Å²) in [7, 11) is 0. The molecule has 82 valence electrons. The third-order valence-electron chi connectivity index (χ3n) is 2.16.